The molecule has 1 aromatic carbocycles. The van der Waals surface area contributed by atoms with Crippen LogP contribution < -0.4 is 4.74 Å². The standard InChI is InChI=1S/C27H27FN6O3S/c1-2-32-17-24(16-30-32)38(35,36)33-12-10-21-13-25-20(15-31-34(25)23-8-6-22(28)7-9-23)14-27(21,18-33)19-37-26-5-3-4-11-29-26/h3-9,11,13,15-17H,2,10,12,14,18-19H2,1H3/t27-/m1/s1. The molecule has 1 aliphatic heterocycles. The van der Waals surface area contributed by atoms with E-state index in [2.05, 4.69) is 21.3 Å². The zero-order valence-electron chi connectivity index (χ0n) is 20.9. The van der Waals surface area contributed by atoms with E-state index < -0.39 is 15.4 Å². The average molecular weight is 535 g/mol. The van der Waals surface area contributed by atoms with Crippen molar-refractivity contribution in [3.63, 3.8) is 0 Å². The van der Waals surface area contributed by atoms with Gasteiger partial charge >= 0.3 is 0 Å². The number of aromatic nitrogens is 5. The highest BCUT2D eigenvalue weighted by Crippen LogP contribution is 2.45. The molecule has 0 amide bonds. The number of hydrogen-bond acceptors (Lipinski definition) is 6. The lowest BCUT2D eigenvalue weighted by Gasteiger charge is -2.45. The van der Waals surface area contributed by atoms with Crippen LogP contribution in [0.5, 0.6) is 5.88 Å². The fourth-order valence-electron chi connectivity index (χ4n) is 5.26. The third kappa shape index (κ3) is 4.31. The summed E-state index contributed by atoms with van der Waals surface area (Å²) in [6.07, 6.45) is 9.63. The van der Waals surface area contributed by atoms with Gasteiger partial charge in [0.25, 0.3) is 0 Å². The topological polar surface area (TPSA) is 95.1 Å². The predicted molar refractivity (Wildman–Crippen MR) is 139 cm³/mol. The summed E-state index contributed by atoms with van der Waals surface area (Å²) < 4.78 is 51.9. The monoisotopic (exact) mass is 534 g/mol. The average Bonchev–Trinajstić information content (AvgIpc) is 3.59. The van der Waals surface area contributed by atoms with Crippen LogP contribution in [0.1, 0.15) is 24.6 Å². The minimum atomic E-state index is -3.75. The molecule has 1 atom stereocenters. The van der Waals surface area contributed by atoms with Crippen LogP contribution in [0.15, 0.2) is 77.7 Å². The summed E-state index contributed by atoms with van der Waals surface area (Å²) in [6, 6.07) is 11.7. The van der Waals surface area contributed by atoms with E-state index in [1.54, 1.807) is 50.5 Å². The Hall–Kier alpha value is -3.83. The summed E-state index contributed by atoms with van der Waals surface area (Å²) in [5.74, 6) is 0.176. The Kier molecular flexibility index (Phi) is 6.11. The van der Waals surface area contributed by atoms with Crippen molar-refractivity contribution in [1.82, 2.24) is 28.9 Å². The molecule has 0 saturated carbocycles. The summed E-state index contributed by atoms with van der Waals surface area (Å²) in [5, 5.41) is 8.76. The Morgan fingerprint density at radius 1 is 1.11 bits per heavy atom. The molecule has 0 unspecified atom stereocenters. The number of pyridine rings is 1. The van der Waals surface area contributed by atoms with Crippen molar-refractivity contribution in [3.05, 3.63) is 89.9 Å². The number of ether oxygens (including phenoxy) is 1. The van der Waals surface area contributed by atoms with Gasteiger partial charge in [-0.15, -0.1) is 0 Å². The smallest absolute Gasteiger partial charge is 0.246 e. The molecule has 4 aromatic rings. The van der Waals surface area contributed by atoms with Crippen LogP contribution in [-0.4, -0.2) is 57.0 Å². The van der Waals surface area contributed by atoms with E-state index in [4.69, 9.17) is 4.74 Å². The maximum absolute atomic E-state index is 13.6. The lowest BCUT2D eigenvalue weighted by atomic mass is 9.69. The van der Waals surface area contributed by atoms with Crippen molar-refractivity contribution in [2.75, 3.05) is 19.7 Å². The molecule has 11 heteroatoms. The summed E-state index contributed by atoms with van der Waals surface area (Å²) in [4.78, 5) is 4.48. The number of sulfonamides is 1. The Labute approximate surface area is 220 Å². The Bertz CT molecular complexity index is 1600. The van der Waals surface area contributed by atoms with Crippen LogP contribution in [0, 0.1) is 11.2 Å². The number of rotatable bonds is 7. The highest BCUT2D eigenvalue weighted by atomic mass is 32.2. The summed E-state index contributed by atoms with van der Waals surface area (Å²) >= 11 is 0. The molecule has 3 aromatic heterocycles. The first kappa shape index (κ1) is 24.5. The molecule has 0 spiro atoms. The highest BCUT2D eigenvalue weighted by molar-refractivity contribution is 7.89. The molecule has 1 aliphatic carbocycles. The highest BCUT2D eigenvalue weighted by Gasteiger charge is 2.47. The van der Waals surface area contributed by atoms with Gasteiger partial charge in [0.2, 0.25) is 15.9 Å². The zero-order valence-corrected chi connectivity index (χ0v) is 21.7. The second kappa shape index (κ2) is 9.48. The van der Waals surface area contributed by atoms with E-state index in [-0.39, 0.29) is 23.9 Å². The van der Waals surface area contributed by atoms with Crippen molar-refractivity contribution < 1.29 is 17.5 Å². The molecule has 38 heavy (non-hydrogen) atoms. The van der Waals surface area contributed by atoms with E-state index in [9.17, 15) is 12.8 Å². The first-order chi connectivity index (χ1) is 18.4. The first-order valence-corrected chi connectivity index (χ1v) is 13.9. The van der Waals surface area contributed by atoms with Gasteiger partial charge in [0.1, 0.15) is 17.3 Å². The number of piperidine rings is 1. The summed E-state index contributed by atoms with van der Waals surface area (Å²) in [6.45, 7) is 3.36. The fourth-order valence-corrected chi connectivity index (χ4v) is 6.74. The van der Waals surface area contributed by atoms with Crippen molar-refractivity contribution >= 4 is 16.1 Å². The van der Waals surface area contributed by atoms with Gasteiger partial charge in [-0.2, -0.15) is 14.5 Å². The van der Waals surface area contributed by atoms with Crippen molar-refractivity contribution in [1.29, 1.82) is 0 Å². The molecule has 0 N–H and O–H groups in total. The SMILES string of the molecule is CCn1cc(S(=O)(=O)N2CCC3=Cc4c(cnn4-c4ccc(F)cc4)C[C@]3(COc3ccccn3)C2)cn1. The van der Waals surface area contributed by atoms with Gasteiger partial charge < -0.3 is 4.74 Å². The summed E-state index contributed by atoms with van der Waals surface area (Å²) in [7, 11) is -3.75. The van der Waals surface area contributed by atoms with Gasteiger partial charge in [0.15, 0.2) is 0 Å². The molecule has 0 radical (unpaired) electrons. The molecule has 0 bridgehead atoms. The molecule has 6 rings (SSSR count). The number of hydrogen-bond donors (Lipinski definition) is 0. The number of nitrogens with zero attached hydrogens (tertiary/aromatic N) is 6. The largest absolute Gasteiger partial charge is 0.477 e. The van der Waals surface area contributed by atoms with Crippen LogP contribution in [0.25, 0.3) is 11.8 Å². The van der Waals surface area contributed by atoms with Crippen molar-refractivity contribution in [3.8, 4) is 11.6 Å². The van der Waals surface area contributed by atoms with Gasteiger partial charge in [-0.05, 0) is 61.7 Å². The van der Waals surface area contributed by atoms with E-state index >= 15 is 0 Å². The Morgan fingerprint density at radius 2 is 1.95 bits per heavy atom. The zero-order chi connectivity index (χ0) is 26.3. The molecule has 196 valence electrons. The minimum absolute atomic E-state index is 0.188. The maximum Gasteiger partial charge on any atom is 0.246 e. The fraction of sp³-hybridized carbons (Fsp3) is 0.296. The number of aryl methyl sites for hydroxylation is 1. The molecule has 1 fully saturated rings. The van der Waals surface area contributed by atoms with Gasteiger partial charge in [0.05, 0.1) is 23.8 Å². The molecule has 2 aliphatic rings. The van der Waals surface area contributed by atoms with Crippen LogP contribution in [0.4, 0.5) is 4.39 Å². The molecule has 9 nitrogen and oxygen atoms in total. The van der Waals surface area contributed by atoms with E-state index in [0.29, 0.717) is 31.8 Å². The van der Waals surface area contributed by atoms with Crippen LogP contribution in [-0.2, 0) is 23.0 Å². The minimum Gasteiger partial charge on any atom is -0.477 e. The third-order valence-electron chi connectivity index (χ3n) is 7.29. The summed E-state index contributed by atoms with van der Waals surface area (Å²) in [5.41, 5.74) is 3.14. The van der Waals surface area contributed by atoms with Gasteiger partial charge in [-0.25, -0.2) is 22.5 Å². The third-order valence-corrected chi connectivity index (χ3v) is 9.09. The van der Waals surface area contributed by atoms with Gasteiger partial charge in [-0.1, -0.05) is 11.6 Å². The number of fused-ring (bicyclic) bond motifs is 2. The van der Waals surface area contributed by atoms with E-state index in [0.717, 1.165) is 22.5 Å². The molecular weight excluding hydrogens is 507 g/mol. The van der Waals surface area contributed by atoms with Crippen LogP contribution >= 0.6 is 0 Å². The maximum atomic E-state index is 13.6. The van der Waals surface area contributed by atoms with Crippen molar-refractivity contribution in [2.45, 2.75) is 31.2 Å². The lowest BCUT2D eigenvalue weighted by Crippen LogP contribution is -2.51. The van der Waals surface area contributed by atoms with Gasteiger partial charge in [-0.3, -0.25) is 4.68 Å². The molecular formula is C27H27FN6O3S. The normalized spacial score (nSPS) is 19.5. The van der Waals surface area contributed by atoms with Crippen LogP contribution in [0.2, 0.25) is 0 Å². The molecule has 4 heterocycles. The van der Waals surface area contributed by atoms with Gasteiger partial charge in [0, 0.05) is 43.5 Å². The van der Waals surface area contributed by atoms with E-state index in [1.165, 1.54) is 18.3 Å². The Morgan fingerprint density at radius 3 is 2.68 bits per heavy atom. The second-order valence-electron chi connectivity index (χ2n) is 9.65. The number of benzene rings is 1. The van der Waals surface area contributed by atoms with Crippen LogP contribution in [0.3, 0.4) is 0 Å². The quantitative estimate of drug-likeness (QED) is 0.359. The second-order valence-corrected chi connectivity index (χ2v) is 11.6. The first-order valence-electron chi connectivity index (χ1n) is 12.5. The van der Waals surface area contributed by atoms with E-state index in [1.807, 2.05) is 19.1 Å². The Balaban J connectivity index is 1.37. The molecule has 1 saturated heterocycles. The number of halogens is 1. The predicted octanol–water partition coefficient (Wildman–Crippen LogP) is 3.72. The van der Waals surface area contributed by atoms with Crippen molar-refractivity contribution in [2.24, 2.45) is 5.41 Å². The lowest BCUT2D eigenvalue weighted by molar-refractivity contribution is 0.122.